The van der Waals surface area contributed by atoms with E-state index >= 15 is 0 Å². The van der Waals surface area contributed by atoms with Crippen LogP contribution in [0.1, 0.15) is 51.5 Å². The fraction of sp³-hybridized carbons (Fsp3) is 0.344. The number of halogens is 1. The second-order valence-corrected chi connectivity index (χ2v) is 10.8. The lowest BCUT2D eigenvalue weighted by molar-refractivity contribution is -0.146. The van der Waals surface area contributed by atoms with E-state index < -0.39 is 42.1 Å². The number of aryl methyl sites for hydroxylation is 1. The first-order valence-corrected chi connectivity index (χ1v) is 13.9. The molecule has 3 aromatic rings. The van der Waals surface area contributed by atoms with Gasteiger partial charge in [-0.2, -0.15) is 0 Å². The SMILES string of the molecule is Cc1c(O)cccc1C(=O)N[C@@H](Cc1ccccc1)[C@H](O)C(=O)N1C[C@H](F)C[C@H]1C(=O)N[C@H]1CCc2ccccc21. The quantitative estimate of drug-likeness (QED) is 0.338. The molecule has 1 aliphatic heterocycles. The Balaban J connectivity index is 1.34. The number of amides is 3. The van der Waals surface area contributed by atoms with Crippen molar-refractivity contribution in [1.29, 1.82) is 0 Å². The van der Waals surface area contributed by atoms with Gasteiger partial charge in [0.05, 0.1) is 18.6 Å². The number of carbonyl (C=O) groups is 3. The minimum Gasteiger partial charge on any atom is -0.508 e. The molecule has 8 nitrogen and oxygen atoms in total. The molecule has 0 spiro atoms. The average molecular weight is 560 g/mol. The van der Waals surface area contributed by atoms with Crippen molar-refractivity contribution in [2.45, 2.75) is 63.0 Å². The van der Waals surface area contributed by atoms with E-state index in [2.05, 4.69) is 10.6 Å². The van der Waals surface area contributed by atoms with Crippen molar-refractivity contribution >= 4 is 17.7 Å². The van der Waals surface area contributed by atoms with Gasteiger partial charge in [0.15, 0.2) is 6.10 Å². The van der Waals surface area contributed by atoms with Gasteiger partial charge in [-0.3, -0.25) is 14.4 Å². The molecule has 1 aliphatic carbocycles. The molecule has 0 bridgehead atoms. The molecule has 4 N–H and O–H groups in total. The lowest BCUT2D eigenvalue weighted by Gasteiger charge is -2.31. The van der Waals surface area contributed by atoms with Crippen LogP contribution in [0.4, 0.5) is 4.39 Å². The monoisotopic (exact) mass is 559 g/mol. The van der Waals surface area contributed by atoms with Crippen molar-refractivity contribution in [2.24, 2.45) is 0 Å². The van der Waals surface area contributed by atoms with E-state index in [0.717, 1.165) is 28.0 Å². The Labute approximate surface area is 238 Å². The first-order chi connectivity index (χ1) is 19.7. The number of alkyl halides is 1. The largest absolute Gasteiger partial charge is 0.508 e. The van der Waals surface area contributed by atoms with Gasteiger partial charge in [0.1, 0.15) is 18.0 Å². The molecule has 214 valence electrons. The normalized spacial score (nSPS) is 21.1. The minimum atomic E-state index is -1.75. The predicted molar refractivity (Wildman–Crippen MR) is 151 cm³/mol. The maximum absolute atomic E-state index is 14.7. The number of aromatic hydroxyl groups is 1. The number of benzene rings is 3. The Hall–Kier alpha value is -4.24. The van der Waals surface area contributed by atoms with Gasteiger partial charge in [0, 0.05) is 17.5 Å². The summed E-state index contributed by atoms with van der Waals surface area (Å²) in [5.41, 5.74) is 3.48. The number of rotatable bonds is 8. The molecular weight excluding hydrogens is 525 g/mol. The molecule has 0 aromatic heterocycles. The first kappa shape index (κ1) is 28.3. The number of hydrogen-bond acceptors (Lipinski definition) is 5. The zero-order valence-corrected chi connectivity index (χ0v) is 22.8. The number of fused-ring (bicyclic) bond motifs is 1. The summed E-state index contributed by atoms with van der Waals surface area (Å²) in [5.74, 6) is -1.93. The molecule has 5 atom stereocenters. The van der Waals surface area contributed by atoms with Gasteiger partial charge >= 0.3 is 0 Å². The summed E-state index contributed by atoms with van der Waals surface area (Å²) in [6.07, 6.45) is -1.69. The molecule has 2 aliphatic rings. The summed E-state index contributed by atoms with van der Waals surface area (Å²) < 4.78 is 14.7. The number of carbonyl (C=O) groups excluding carboxylic acids is 3. The van der Waals surface area contributed by atoms with Gasteiger partial charge in [-0.1, -0.05) is 60.7 Å². The number of phenols is 1. The van der Waals surface area contributed by atoms with E-state index in [0.29, 0.717) is 12.0 Å². The second-order valence-electron chi connectivity index (χ2n) is 10.8. The summed E-state index contributed by atoms with van der Waals surface area (Å²) >= 11 is 0. The van der Waals surface area contributed by atoms with Gasteiger partial charge in [-0.25, -0.2) is 4.39 Å². The molecule has 9 heteroatoms. The molecule has 0 radical (unpaired) electrons. The number of likely N-dealkylation sites (tertiary alicyclic amines) is 1. The van der Waals surface area contributed by atoms with Crippen LogP contribution in [0, 0.1) is 6.92 Å². The number of phenolic OH excluding ortho intramolecular Hbond substituents is 1. The fourth-order valence-corrected chi connectivity index (χ4v) is 5.82. The van der Waals surface area contributed by atoms with Crippen LogP contribution in [-0.4, -0.2) is 63.7 Å². The summed E-state index contributed by atoms with van der Waals surface area (Å²) in [5, 5.41) is 27.1. The van der Waals surface area contributed by atoms with E-state index in [1.807, 2.05) is 30.3 Å². The Bertz CT molecular complexity index is 1430. The average Bonchev–Trinajstić information content (AvgIpc) is 3.57. The van der Waals surface area contributed by atoms with Crippen molar-refractivity contribution in [3.05, 3.63) is 101 Å². The fourth-order valence-electron chi connectivity index (χ4n) is 5.82. The second kappa shape index (κ2) is 12.1. The maximum atomic E-state index is 14.7. The summed E-state index contributed by atoms with van der Waals surface area (Å²) in [7, 11) is 0. The highest BCUT2D eigenvalue weighted by Crippen LogP contribution is 2.32. The van der Waals surface area contributed by atoms with E-state index in [9.17, 15) is 29.0 Å². The van der Waals surface area contributed by atoms with Gasteiger partial charge in [-0.05, 0) is 55.0 Å². The molecule has 1 heterocycles. The lowest BCUT2D eigenvalue weighted by Crippen LogP contribution is -2.56. The van der Waals surface area contributed by atoms with Crippen LogP contribution < -0.4 is 10.6 Å². The molecule has 0 saturated carbocycles. The molecule has 3 amide bonds. The third-order valence-electron chi connectivity index (χ3n) is 8.08. The van der Waals surface area contributed by atoms with Crippen LogP contribution in [0.3, 0.4) is 0 Å². The Morgan fingerprint density at radius 1 is 1.02 bits per heavy atom. The van der Waals surface area contributed by atoms with Crippen LogP contribution in [0.15, 0.2) is 72.8 Å². The molecule has 1 saturated heterocycles. The Morgan fingerprint density at radius 3 is 2.54 bits per heavy atom. The molecule has 0 unspecified atom stereocenters. The first-order valence-electron chi connectivity index (χ1n) is 13.9. The third-order valence-corrected chi connectivity index (χ3v) is 8.08. The van der Waals surface area contributed by atoms with Crippen molar-refractivity contribution in [3.8, 4) is 5.75 Å². The molecule has 5 rings (SSSR count). The van der Waals surface area contributed by atoms with Gasteiger partial charge in [0.2, 0.25) is 5.91 Å². The zero-order valence-electron chi connectivity index (χ0n) is 22.8. The van der Waals surface area contributed by atoms with Gasteiger partial charge in [-0.15, -0.1) is 0 Å². The maximum Gasteiger partial charge on any atom is 0.254 e. The van der Waals surface area contributed by atoms with E-state index in [-0.39, 0.29) is 36.7 Å². The highest BCUT2D eigenvalue weighted by atomic mass is 19.1. The molecular formula is C32H34FN3O5. The number of nitrogens with one attached hydrogen (secondary N) is 2. The van der Waals surface area contributed by atoms with E-state index in [1.165, 1.54) is 18.2 Å². The van der Waals surface area contributed by atoms with E-state index in [1.54, 1.807) is 31.2 Å². The number of nitrogens with zero attached hydrogens (tertiary/aromatic N) is 1. The third kappa shape index (κ3) is 6.10. The summed E-state index contributed by atoms with van der Waals surface area (Å²) in [4.78, 5) is 41.3. The van der Waals surface area contributed by atoms with Crippen LogP contribution in [0.5, 0.6) is 5.75 Å². The van der Waals surface area contributed by atoms with Crippen molar-refractivity contribution in [3.63, 3.8) is 0 Å². The predicted octanol–water partition coefficient (Wildman–Crippen LogP) is 3.15. The van der Waals surface area contributed by atoms with Crippen molar-refractivity contribution in [1.82, 2.24) is 15.5 Å². The smallest absolute Gasteiger partial charge is 0.254 e. The molecule has 1 fully saturated rings. The van der Waals surface area contributed by atoms with Crippen LogP contribution in [-0.2, 0) is 22.4 Å². The van der Waals surface area contributed by atoms with Crippen molar-refractivity contribution < 1.29 is 29.0 Å². The summed E-state index contributed by atoms with van der Waals surface area (Å²) in [6.45, 7) is 1.27. The summed E-state index contributed by atoms with van der Waals surface area (Å²) in [6, 6.07) is 19.0. The topological polar surface area (TPSA) is 119 Å². The highest BCUT2D eigenvalue weighted by molar-refractivity contribution is 5.97. The van der Waals surface area contributed by atoms with Gasteiger partial charge in [0.25, 0.3) is 11.8 Å². The molecule has 41 heavy (non-hydrogen) atoms. The Morgan fingerprint density at radius 2 is 1.76 bits per heavy atom. The molecule has 3 aromatic carbocycles. The van der Waals surface area contributed by atoms with E-state index in [4.69, 9.17) is 0 Å². The number of aliphatic hydroxyl groups is 1. The minimum absolute atomic E-state index is 0.0568. The van der Waals surface area contributed by atoms with Crippen LogP contribution in [0.2, 0.25) is 0 Å². The van der Waals surface area contributed by atoms with Crippen LogP contribution >= 0.6 is 0 Å². The highest BCUT2D eigenvalue weighted by Gasteiger charge is 2.44. The lowest BCUT2D eigenvalue weighted by atomic mass is 9.98. The van der Waals surface area contributed by atoms with Crippen molar-refractivity contribution in [2.75, 3.05) is 6.54 Å². The van der Waals surface area contributed by atoms with Gasteiger partial charge < -0.3 is 25.7 Å². The zero-order chi connectivity index (χ0) is 29.1. The Kier molecular flexibility index (Phi) is 8.35. The standard InChI is InChI=1S/C32H34FN3O5/c1-19-23(12-7-13-28(19)37)30(39)35-26(16-20-8-3-2-4-9-20)29(38)32(41)36-18-22(33)17-27(36)31(40)34-25-15-14-21-10-5-6-11-24(21)25/h2-13,22,25-27,29,37-38H,14-18H2,1H3,(H,34,40)(H,35,39)/t22-,25+,26+,27+,29+/m1/s1. The number of hydrogen-bond donors (Lipinski definition) is 4. The van der Waals surface area contributed by atoms with Crippen LogP contribution in [0.25, 0.3) is 0 Å². The number of aliphatic hydroxyl groups excluding tert-OH is 1.